The van der Waals surface area contributed by atoms with Gasteiger partial charge in [0.25, 0.3) is 0 Å². The smallest absolute Gasteiger partial charge is 0.230 e. The monoisotopic (exact) mass is 379 g/mol. The van der Waals surface area contributed by atoms with Crippen LogP contribution in [0.5, 0.6) is 0 Å². The Bertz CT molecular complexity index is 846. The number of sulfone groups is 1. The molecule has 0 atom stereocenters. The van der Waals surface area contributed by atoms with Gasteiger partial charge in [0.05, 0.1) is 22.9 Å². The summed E-state index contributed by atoms with van der Waals surface area (Å²) in [7, 11) is -2.88. The third kappa shape index (κ3) is 4.45. The van der Waals surface area contributed by atoms with Gasteiger partial charge in [-0.3, -0.25) is 14.6 Å². The molecule has 1 aliphatic rings. The second kappa shape index (κ2) is 7.23. The van der Waals surface area contributed by atoms with Crippen molar-refractivity contribution in [3.63, 3.8) is 0 Å². The Hall–Kier alpha value is -1.77. The number of nitrogens with zero attached hydrogens (tertiary/aromatic N) is 3. The van der Waals surface area contributed by atoms with Crippen LogP contribution in [0.2, 0.25) is 0 Å². The van der Waals surface area contributed by atoms with Crippen molar-refractivity contribution in [3.05, 3.63) is 40.9 Å². The molecule has 0 unspecified atom stereocenters. The number of hydrogen-bond acceptors (Lipinski definition) is 6. The lowest BCUT2D eigenvalue weighted by atomic mass is 10.2. The Labute approximate surface area is 152 Å². The molecule has 0 bridgehead atoms. The van der Waals surface area contributed by atoms with E-state index in [-0.39, 0.29) is 17.4 Å². The van der Waals surface area contributed by atoms with E-state index < -0.39 is 9.84 Å². The lowest BCUT2D eigenvalue weighted by Gasteiger charge is -2.25. The highest BCUT2D eigenvalue weighted by Gasteiger charge is 2.23. The van der Waals surface area contributed by atoms with Gasteiger partial charge in [-0.2, -0.15) is 0 Å². The summed E-state index contributed by atoms with van der Waals surface area (Å²) in [5.41, 5.74) is 2.79. The molecule has 0 spiro atoms. The maximum atomic E-state index is 12.1. The lowest BCUT2D eigenvalue weighted by molar-refractivity contribution is -0.115. The predicted octanol–water partition coefficient (Wildman–Crippen LogP) is 2.37. The van der Waals surface area contributed by atoms with Crippen LogP contribution < -0.4 is 4.90 Å². The van der Waals surface area contributed by atoms with Crippen LogP contribution >= 0.6 is 11.3 Å². The van der Waals surface area contributed by atoms with Gasteiger partial charge in [-0.15, -0.1) is 11.3 Å². The van der Waals surface area contributed by atoms with Gasteiger partial charge in [-0.1, -0.05) is 17.7 Å². The minimum Gasteiger partial charge on any atom is -0.295 e. The van der Waals surface area contributed by atoms with Crippen molar-refractivity contribution in [2.45, 2.75) is 20.4 Å². The summed E-state index contributed by atoms with van der Waals surface area (Å²) in [6.07, 6.45) is 0. The Kier molecular flexibility index (Phi) is 5.21. The van der Waals surface area contributed by atoms with Crippen LogP contribution in [0.4, 0.5) is 10.8 Å². The Balaban J connectivity index is 1.74. The van der Waals surface area contributed by atoms with Gasteiger partial charge >= 0.3 is 0 Å². The molecule has 3 rings (SSSR count). The first-order valence-electron chi connectivity index (χ1n) is 8.08. The number of anilines is 2. The van der Waals surface area contributed by atoms with Crippen molar-refractivity contribution < 1.29 is 13.2 Å². The summed E-state index contributed by atoms with van der Waals surface area (Å²) >= 11 is 1.42. The van der Waals surface area contributed by atoms with Gasteiger partial charge in [0, 0.05) is 31.9 Å². The number of hydrogen-bond donors (Lipinski definition) is 0. The van der Waals surface area contributed by atoms with Crippen LogP contribution in [-0.2, 0) is 21.2 Å². The molecule has 1 saturated heterocycles. The zero-order valence-electron chi connectivity index (χ0n) is 14.3. The first kappa shape index (κ1) is 18.0. The zero-order valence-corrected chi connectivity index (χ0v) is 15.9. The first-order chi connectivity index (χ1) is 11.8. The fourth-order valence-electron chi connectivity index (χ4n) is 2.73. The Morgan fingerprint density at radius 1 is 1.24 bits per heavy atom. The molecule has 134 valence electrons. The third-order valence-corrected chi connectivity index (χ3v) is 6.64. The molecule has 1 amide bonds. The third-order valence-electron chi connectivity index (χ3n) is 4.16. The first-order valence-corrected chi connectivity index (χ1v) is 10.8. The van der Waals surface area contributed by atoms with Gasteiger partial charge < -0.3 is 0 Å². The van der Waals surface area contributed by atoms with E-state index in [2.05, 4.69) is 9.88 Å². The molecule has 8 heteroatoms. The minimum absolute atomic E-state index is 0.0891. The van der Waals surface area contributed by atoms with Crippen molar-refractivity contribution in [3.8, 4) is 0 Å². The normalized spacial score (nSPS) is 17.4. The fraction of sp³-hybridized carbons (Fsp3) is 0.412. The summed E-state index contributed by atoms with van der Waals surface area (Å²) in [5.74, 6) is 0.314. The van der Waals surface area contributed by atoms with Crippen LogP contribution in [0, 0.1) is 6.92 Å². The Morgan fingerprint density at radius 3 is 2.48 bits per heavy atom. The molecule has 1 aliphatic heterocycles. The number of rotatable bonds is 4. The molecule has 0 radical (unpaired) electrons. The largest absolute Gasteiger partial charge is 0.295 e. The second-order valence-electron chi connectivity index (χ2n) is 6.24. The predicted molar refractivity (Wildman–Crippen MR) is 100 cm³/mol. The highest BCUT2D eigenvalue weighted by atomic mass is 32.2. The molecule has 0 aliphatic carbocycles. The van der Waals surface area contributed by atoms with E-state index in [1.165, 1.54) is 18.3 Å². The van der Waals surface area contributed by atoms with Gasteiger partial charge in [0.15, 0.2) is 15.0 Å². The molecule has 1 aromatic heterocycles. The molecule has 0 N–H and O–H groups in total. The molecule has 1 aromatic carbocycles. The SMILES string of the molecule is CC(=O)N(c1ccc(C)cc1)c1nc(CN2CCS(=O)(=O)CC2)cs1. The van der Waals surface area contributed by atoms with Gasteiger partial charge in [-0.25, -0.2) is 13.4 Å². The number of thiazole rings is 1. The maximum absolute atomic E-state index is 12.1. The average Bonchev–Trinajstić information content (AvgIpc) is 2.99. The van der Waals surface area contributed by atoms with E-state index >= 15 is 0 Å². The molecular formula is C17H21N3O3S2. The van der Waals surface area contributed by atoms with Crippen LogP contribution in [0.1, 0.15) is 18.2 Å². The van der Waals surface area contributed by atoms with Crippen molar-refractivity contribution in [1.82, 2.24) is 9.88 Å². The molecular weight excluding hydrogens is 358 g/mol. The lowest BCUT2D eigenvalue weighted by Crippen LogP contribution is -2.39. The summed E-state index contributed by atoms with van der Waals surface area (Å²) in [6.45, 7) is 5.19. The van der Waals surface area contributed by atoms with Gasteiger partial charge in [-0.05, 0) is 19.1 Å². The van der Waals surface area contributed by atoms with Gasteiger partial charge in [0.2, 0.25) is 5.91 Å². The van der Waals surface area contributed by atoms with E-state index in [1.807, 2.05) is 36.6 Å². The average molecular weight is 380 g/mol. The summed E-state index contributed by atoms with van der Waals surface area (Å²) in [4.78, 5) is 20.4. The van der Waals surface area contributed by atoms with Crippen LogP contribution in [0.15, 0.2) is 29.6 Å². The zero-order chi connectivity index (χ0) is 18.0. The number of benzene rings is 1. The van der Waals surface area contributed by atoms with Crippen LogP contribution in [-0.4, -0.2) is 48.8 Å². The quantitative estimate of drug-likeness (QED) is 0.816. The van der Waals surface area contributed by atoms with Crippen molar-refractivity contribution in [2.24, 2.45) is 0 Å². The van der Waals surface area contributed by atoms with Crippen LogP contribution in [0.25, 0.3) is 0 Å². The van der Waals surface area contributed by atoms with Crippen molar-refractivity contribution >= 4 is 37.9 Å². The number of aromatic nitrogens is 1. The van der Waals surface area contributed by atoms with Crippen molar-refractivity contribution in [1.29, 1.82) is 0 Å². The summed E-state index contributed by atoms with van der Waals surface area (Å²) < 4.78 is 23.0. The summed E-state index contributed by atoms with van der Waals surface area (Å²) in [6, 6.07) is 7.75. The number of carbonyl (C=O) groups is 1. The molecule has 0 saturated carbocycles. The molecule has 2 heterocycles. The fourth-order valence-corrected chi connectivity index (χ4v) is 4.88. The van der Waals surface area contributed by atoms with E-state index in [1.54, 1.807) is 4.90 Å². The van der Waals surface area contributed by atoms with E-state index in [9.17, 15) is 13.2 Å². The number of aryl methyl sites for hydroxylation is 1. The highest BCUT2D eigenvalue weighted by Crippen LogP contribution is 2.29. The Morgan fingerprint density at radius 2 is 1.88 bits per heavy atom. The number of amides is 1. The minimum atomic E-state index is -2.88. The van der Waals surface area contributed by atoms with E-state index in [0.717, 1.165) is 16.9 Å². The topological polar surface area (TPSA) is 70.6 Å². The maximum Gasteiger partial charge on any atom is 0.230 e. The van der Waals surface area contributed by atoms with E-state index in [4.69, 9.17) is 0 Å². The standard InChI is InChI=1S/C17H21N3O3S2/c1-13-3-5-16(6-4-13)20(14(2)21)17-18-15(12-24-17)11-19-7-9-25(22,23)10-8-19/h3-6,12H,7-11H2,1-2H3. The van der Waals surface area contributed by atoms with Crippen molar-refractivity contribution in [2.75, 3.05) is 29.5 Å². The second-order valence-corrected chi connectivity index (χ2v) is 9.38. The summed E-state index contributed by atoms with van der Waals surface area (Å²) in [5, 5.41) is 2.57. The van der Waals surface area contributed by atoms with Gasteiger partial charge in [0.1, 0.15) is 0 Å². The van der Waals surface area contributed by atoms with Crippen LogP contribution in [0.3, 0.4) is 0 Å². The number of carbonyl (C=O) groups excluding carboxylic acids is 1. The molecule has 1 fully saturated rings. The molecule has 2 aromatic rings. The molecule has 25 heavy (non-hydrogen) atoms. The highest BCUT2D eigenvalue weighted by molar-refractivity contribution is 7.91. The molecule has 6 nitrogen and oxygen atoms in total. The van der Waals surface area contributed by atoms with E-state index in [0.29, 0.717) is 24.8 Å².